The summed E-state index contributed by atoms with van der Waals surface area (Å²) < 4.78 is 1.06. The zero-order chi connectivity index (χ0) is 11.3. The number of thiocarbonyl (C=S) groups is 1. The summed E-state index contributed by atoms with van der Waals surface area (Å²) in [6, 6.07) is 8.33. The second-order valence-corrected chi connectivity index (χ2v) is 4.74. The zero-order valence-corrected chi connectivity index (χ0v) is 11.3. The Morgan fingerprint density at radius 3 is 2.53 bits per heavy atom. The maximum Gasteiger partial charge on any atom is 0.170 e. The first-order valence-electron chi connectivity index (χ1n) is 4.95. The molecular formula is C11H15BrN2S. The first-order valence-corrected chi connectivity index (χ1v) is 6.15. The van der Waals surface area contributed by atoms with E-state index in [1.54, 1.807) is 0 Å². The van der Waals surface area contributed by atoms with Crippen LogP contribution in [0, 0.1) is 0 Å². The van der Waals surface area contributed by atoms with E-state index >= 15 is 0 Å². The van der Waals surface area contributed by atoms with Crippen molar-refractivity contribution in [3.8, 4) is 0 Å². The lowest BCUT2D eigenvalue weighted by atomic mass is 10.3. The maximum atomic E-state index is 5.18. The van der Waals surface area contributed by atoms with Crippen LogP contribution in [0.25, 0.3) is 0 Å². The van der Waals surface area contributed by atoms with Gasteiger partial charge < -0.3 is 10.6 Å². The lowest BCUT2D eigenvalue weighted by Gasteiger charge is -2.15. The summed E-state index contributed by atoms with van der Waals surface area (Å²) in [6.45, 7) is 4.23. The topological polar surface area (TPSA) is 24.1 Å². The number of hydrogen-bond acceptors (Lipinski definition) is 1. The molecule has 4 heteroatoms. The minimum Gasteiger partial charge on any atom is -0.360 e. The molecule has 0 fully saturated rings. The average Bonchev–Trinajstić information content (AvgIpc) is 2.21. The quantitative estimate of drug-likeness (QED) is 0.832. The summed E-state index contributed by atoms with van der Waals surface area (Å²) in [4.78, 5) is 0. The molecule has 0 amide bonds. The van der Waals surface area contributed by atoms with E-state index in [1.165, 1.54) is 0 Å². The van der Waals surface area contributed by atoms with Gasteiger partial charge in [-0.25, -0.2) is 0 Å². The Kier molecular flexibility index (Phi) is 5.05. The molecule has 1 atom stereocenters. The van der Waals surface area contributed by atoms with Gasteiger partial charge in [0.1, 0.15) is 0 Å². The number of benzene rings is 1. The van der Waals surface area contributed by atoms with Gasteiger partial charge in [0.05, 0.1) is 0 Å². The average molecular weight is 287 g/mol. The molecule has 0 saturated carbocycles. The molecule has 2 nitrogen and oxygen atoms in total. The van der Waals surface area contributed by atoms with Gasteiger partial charge in [-0.1, -0.05) is 22.9 Å². The van der Waals surface area contributed by atoms with Crippen LogP contribution in [0.2, 0.25) is 0 Å². The Hall–Kier alpha value is -0.610. The molecule has 1 unspecified atom stereocenters. The maximum absolute atomic E-state index is 5.18. The van der Waals surface area contributed by atoms with Gasteiger partial charge in [0.15, 0.2) is 5.11 Å². The summed E-state index contributed by atoms with van der Waals surface area (Å²) in [5, 5.41) is 7.01. The molecule has 82 valence electrons. The minimum absolute atomic E-state index is 0.403. The van der Waals surface area contributed by atoms with Crippen LogP contribution in [0.4, 0.5) is 5.69 Å². The molecule has 1 aromatic carbocycles. The SMILES string of the molecule is CCC(C)NC(=S)Nc1ccc(Br)cc1. The Morgan fingerprint density at radius 2 is 2.00 bits per heavy atom. The normalized spacial score (nSPS) is 11.9. The number of halogens is 1. The molecule has 1 aromatic rings. The van der Waals surface area contributed by atoms with Crippen molar-refractivity contribution in [2.24, 2.45) is 0 Å². The molecule has 15 heavy (non-hydrogen) atoms. The molecule has 0 aliphatic rings. The molecule has 0 aliphatic heterocycles. The van der Waals surface area contributed by atoms with E-state index in [2.05, 4.69) is 40.4 Å². The van der Waals surface area contributed by atoms with E-state index in [1.807, 2.05) is 24.3 Å². The van der Waals surface area contributed by atoms with Gasteiger partial charge in [-0.3, -0.25) is 0 Å². The first kappa shape index (κ1) is 12.5. The summed E-state index contributed by atoms with van der Waals surface area (Å²) in [5.74, 6) is 0. The van der Waals surface area contributed by atoms with E-state index in [0.29, 0.717) is 11.2 Å². The molecule has 0 radical (unpaired) electrons. The van der Waals surface area contributed by atoms with E-state index in [-0.39, 0.29) is 0 Å². The fourth-order valence-electron chi connectivity index (χ4n) is 1.03. The monoisotopic (exact) mass is 286 g/mol. The van der Waals surface area contributed by atoms with Crippen LogP contribution in [0.1, 0.15) is 20.3 Å². The van der Waals surface area contributed by atoms with Crippen molar-refractivity contribution < 1.29 is 0 Å². The third-order valence-corrected chi connectivity index (χ3v) is 2.84. The van der Waals surface area contributed by atoms with Crippen molar-refractivity contribution in [3.05, 3.63) is 28.7 Å². The van der Waals surface area contributed by atoms with Gasteiger partial charge in [-0.15, -0.1) is 0 Å². The van der Waals surface area contributed by atoms with E-state index in [9.17, 15) is 0 Å². The van der Waals surface area contributed by atoms with E-state index in [4.69, 9.17) is 12.2 Å². The molecule has 0 aromatic heterocycles. The highest BCUT2D eigenvalue weighted by Crippen LogP contribution is 2.13. The van der Waals surface area contributed by atoms with Crippen LogP contribution < -0.4 is 10.6 Å². The van der Waals surface area contributed by atoms with Crippen molar-refractivity contribution in [3.63, 3.8) is 0 Å². The number of nitrogens with one attached hydrogen (secondary N) is 2. The predicted octanol–water partition coefficient (Wildman–Crippen LogP) is 3.53. The smallest absolute Gasteiger partial charge is 0.170 e. The molecule has 1 rings (SSSR count). The van der Waals surface area contributed by atoms with Gasteiger partial charge in [0.25, 0.3) is 0 Å². The zero-order valence-electron chi connectivity index (χ0n) is 8.88. The third-order valence-electron chi connectivity index (χ3n) is 2.09. The molecular weight excluding hydrogens is 272 g/mol. The summed E-state index contributed by atoms with van der Waals surface area (Å²) in [7, 11) is 0. The van der Waals surface area contributed by atoms with E-state index < -0.39 is 0 Å². The largest absolute Gasteiger partial charge is 0.360 e. The van der Waals surface area contributed by atoms with Gasteiger partial charge in [0.2, 0.25) is 0 Å². The highest BCUT2D eigenvalue weighted by Gasteiger charge is 2.01. The van der Waals surface area contributed by atoms with Crippen molar-refractivity contribution in [1.82, 2.24) is 5.32 Å². The summed E-state index contributed by atoms with van der Waals surface area (Å²) >= 11 is 8.56. The predicted molar refractivity (Wildman–Crippen MR) is 73.3 cm³/mol. The van der Waals surface area contributed by atoms with Crippen LogP contribution >= 0.6 is 28.1 Å². The molecule has 0 aliphatic carbocycles. The van der Waals surface area contributed by atoms with Crippen LogP contribution in [0.5, 0.6) is 0 Å². The first-order chi connectivity index (χ1) is 7.11. The standard InChI is InChI=1S/C11H15BrN2S/c1-3-8(2)13-11(15)14-10-6-4-9(12)5-7-10/h4-8H,3H2,1-2H3,(H2,13,14,15). The van der Waals surface area contributed by atoms with Crippen molar-refractivity contribution in [1.29, 1.82) is 0 Å². The van der Waals surface area contributed by atoms with Crippen LogP contribution in [0.15, 0.2) is 28.7 Å². The molecule has 2 N–H and O–H groups in total. The van der Waals surface area contributed by atoms with Gasteiger partial charge in [0, 0.05) is 16.2 Å². The van der Waals surface area contributed by atoms with Crippen molar-refractivity contribution in [2.45, 2.75) is 26.3 Å². The highest BCUT2D eigenvalue weighted by molar-refractivity contribution is 9.10. The van der Waals surface area contributed by atoms with Gasteiger partial charge in [-0.2, -0.15) is 0 Å². The lowest BCUT2D eigenvalue weighted by Crippen LogP contribution is -2.35. The third kappa shape index (κ3) is 4.62. The van der Waals surface area contributed by atoms with E-state index in [0.717, 1.165) is 16.6 Å². The fraction of sp³-hybridized carbons (Fsp3) is 0.364. The van der Waals surface area contributed by atoms with Gasteiger partial charge in [-0.05, 0) is 49.8 Å². The van der Waals surface area contributed by atoms with Crippen molar-refractivity contribution in [2.75, 3.05) is 5.32 Å². The Labute approximate surface area is 105 Å². The lowest BCUT2D eigenvalue weighted by molar-refractivity contribution is 0.646. The summed E-state index contributed by atoms with van der Waals surface area (Å²) in [6.07, 6.45) is 1.06. The van der Waals surface area contributed by atoms with Crippen LogP contribution in [-0.2, 0) is 0 Å². The number of hydrogen-bond donors (Lipinski definition) is 2. The summed E-state index contributed by atoms with van der Waals surface area (Å²) in [5.41, 5.74) is 0.999. The second kappa shape index (κ2) is 6.08. The number of anilines is 1. The number of rotatable bonds is 3. The molecule has 0 heterocycles. The van der Waals surface area contributed by atoms with Crippen LogP contribution in [-0.4, -0.2) is 11.2 Å². The van der Waals surface area contributed by atoms with Gasteiger partial charge >= 0.3 is 0 Å². The Morgan fingerprint density at radius 1 is 1.40 bits per heavy atom. The second-order valence-electron chi connectivity index (χ2n) is 3.41. The van der Waals surface area contributed by atoms with Crippen molar-refractivity contribution >= 4 is 38.9 Å². The molecule has 0 spiro atoms. The fourth-order valence-corrected chi connectivity index (χ4v) is 1.61. The highest BCUT2D eigenvalue weighted by atomic mass is 79.9. The van der Waals surface area contributed by atoms with Crippen LogP contribution in [0.3, 0.4) is 0 Å². The molecule has 0 bridgehead atoms. The minimum atomic E-state index is 0.403. The molecule has 0 saturated heterocycles. The Bertz CT molecular complexity index is 324. The Balaban J connectivity index is 2.48.